The number of nitrogens with two attached hydrogens (primary N) is 1. The number of nitrogens with zero attached hydrogens (tertiary/aromatic N) is 6. The number of fused-ring (bicyclic) bond motifs is 1. The first-order valence-corrected chi connectivity index (χ1v) is 7.15. The molecule has 0 aliphatic rings. The predicted molar refractivity (Wildman–Crippen MR) is 88.4 cm³/mol. The monoisotopic (exact) mass is 305 g/mol. The molecule has 0 spiro atoms. The quantitative estimate of drug-likeness (QED) is 0.612. The second kappa shape index (κ2) is 4.91. The molecule has 23 heavy (non-hydrogen) atoms. The van der Waals surface area contributed by atoms with Crippen LogP contribution in [-0.2, 0) is 14.1 Å². The number of hydrogen-bond acceptors (Lipinski definition) is 5. The van der Waals surface area contributed by atoms with Gasteiger partial charge in [0.2, 0.25) is 0 Å². The largest absolute Gasteiger partial charge is 0.383 e. The molecule has 7 heteroatoms. The second-order valence-electron chi connectivity index (χ2n) is 5.43. The number of anilines is 1. The van der Waals surface area contributed by atoms with Crippen LogP contribution in [0.15, 0.2) is 43.0 Å². The van der Waals surface area contributed by atoms with Crippen LogP contribution in [-0.4, -0.2) is 29.5 Å². The minimum absolute atomic E-state index is 0.626. The van der Waals surface area contributed by atoms with Crippen LogP contribution in [0.25, 0.3) is 33.4 Å². The van der Waals surface area contributed by atoms with Crippen molar-refractivity contribution in [3.8, 4) is 22.4 Å². The maximum Gasteiger partial charge on any atom is 0.129 e. The predicted octanol–water partition coefficient (Wildman–Crippen LogP) is 2.01. The number of benzene rings is 1. The summed E-state index contributed by atoms with van der Waals surface area (Å²) in [6.07, 6.45) is 7.21. The van der Waals surface area contributed by atoms with E-state index in [1.807, 2.05) is 38.5 Å². The van der Waals surface area contributed by atoms with Crippen LogP contribution >= 0.6 is 0 Å². The van der Waals surface area contributed by atoms with Crippen molar-refractivity contribution in [2.45, 2.75) is 0 Å². The minimum Gasteiger partial charge on any atom is -0.383 e. The summed E-state index contributed by atoms with van der Waals surface area (Å²) in [5.74, 6) is 0.626. The lowest BCUT2D eigenvalue weighted by molar-refractivity contribution is 0.768. The number of nitrogen functional groups attached to an aromatic ring is 1. The number of hydrogen-bond donors (Lipinski definition) is 1. The van der Waals surface area contributed by atoms with E-state index in [0.29, 0.717) is 5.82 Å². The van der Waals surface area contributed by atoms with Crippen molar-refractivity contribution in [3.05, 3.63) is 43.0 Å². The summed E-state index contributed by atoms with van der Waals surface area (Å²) in [5.41, 5.74) is 11.3. The Bertz CT molecular complexity index is 1010. The van der Waals surface area contributed by atoms with Crippen LogP contribution in [0.2, 0.25) is 0 Å². The Kier molecular flexibility index (Phi) is 2.87. The van der Waals surface area contributed by atoms with Crippen LogP contribution < -0.4 is 5.73 Å². The van der Waals surface area contributed by atoms with Crippen molar-refractivity contribution in [1.29, 1.82) is 0 Å². The lowest BCUT2D eigenvalue weighted by atomic mass is 10.1. The standard InChI is InChI=1S/C16H15N7/c1-22-9-11(6-19-22)15-8-18-13-4-3-10(5-14(13)21-15)12-7-20-23(2)16(12)17/h3-9H,17H2,1-2H3. The molecule has 114 valence electrons. The molecule has 3 aromatic heterocycles. The van der Waals surface area contributed by atoms with E-state index in [2.05, 4.69) is 15.2 Å². The fourth-order valence-electron chi connectivity index (χ4n) is 2.54. The van der Waals surface area contributed by atoms with Gasteiger partial charge in [-0.2, -0.15) is 10.2 Å². The van der Waals surface area contributed by atoms with Crippen LogP contribution in [0.4, 0.5) is 5.82 Å². The molecule has 0 bridgehead atoms. The zero-order chi connectivity index (χ0) is 16.0. The Balaban J connectivity index is 1.85. The molecule has 0 aliphatic heterocycles. The van der Waals surface area contributed by atoms with Crippen molar-refractivity contribution in [2.24, 2.45) is 14.1 Å². The summed E-state index contributed by atoms with van der Waals surface area (Å²) < 4.78 is 3.39. The Morgan fingerprint density at radius 3 is 2.52 bits per heavy atom. The zero-order valence-corrected chi connectivity index (χ0v) is 12.8. The molecule has 1 aromatic carbocycles. The van der Waals surface area contributed by atoms with Crippen LogP contribution in [0, 0.1) is 0 Å². The Morgan fingerprint density at radius 1 is 0.957 bits per heavy atom. The van der Waals surface area contributed by atoms with E-state index < -0.39 is 0 Å². The smallest absolute Gasteiger partial charge is 0.129 e. The Morgan fingerprint density at radius 2 is 1.83 bits per heavy atom. The molecular formula is C16H15N7. The highest BCUT2D eigenvalue weighted by atomic mass is 15.3. The van der Waals surface area contributed by atoms with Gasteiger partial charge in [-0.1, -0.05) is 6.07 Å². The van der Waals surface area contributed by atoms with E-state index in [1.165, 1.54) is 0 Å². The van der Waals surface area contributed by atoms with Crippen molar-refractivity contribution in [2.75, 3.05) is 5.73 Å². The van der Waals surface area contributed by atoms with E-state index in [1.54, 1.807) is 28.0 Å². The SMILES string of the molecule is Cn1cc(-c2cnc3ccc(-c4cnn(C)c4N)cc3n2)cn1. The summed E-state index contributed by atoms with van der Waals surface area (Å²) in [5, 5.41) is 8.36. The molecule has 0 radical (unpaired) electrons. The van der Waals surface area contributed by atoms with Gasteiger partial charge in [0.05, 0.1) is 35.3 Å². The molecule has 0 saturated heterocycles. The van der Waals surface area contributed by atoms with Gasteiger partial charge in [0.1, 0.15) is 5.82 Å². The third-order valence-corrected chi connectivity index (χ3v) is 3.84. The van der Waals surface area contributed by atoms with Gasteiger partial charge in [-0.05, 0) is 17.7 Å². The molecule has 2 N–H and O–H groups in total. The topological polar surface area (TPSA) is 87.4 Å². The first-order chi connectivity index (χ1) is 11.1. The lowest BCUT2D eigenvalue weighted by Gasteiger charge is -2.04. The Labute approximate surface area is 132 Å². The Hall–Kier alpha value is -3.22. The molecule has 4 rings (SSSR count). The minimum atomic E-state index is 0.626. The molecule has 0 amide bonds. The number of aromatic nitrogens is 6. The average Bonchev–Trinajstić information content (AvgIpc) is 3.13. The molecule has 3 heterocycles. The van der Waals surface area contributed by atoms with Gasteiger partial charge >= 0.3 is 0 Å². The molecular weight excluding hydrogens is 290 g/mol. The van der Waals surface area contributed by atoms with Crippen molar-refractivity contribution < 1.29 is 0 Å². The lowest BCUT2D eigenvalue weighted by Crippen LogP contribution is -1.98. The fourth-order valence-corrected chi connectivity index (χ4v) is 2.54. The highest BCUT2D eigenvalue weighted by Gasteiger charge is 2.10. The average molecular weight is 305 g/mol. The van der Waals surface area contributed by atoms with Gasteiger partial charge in [-0.25, -0.2) is 4.98 Å². The molecule has 0 atom stereocenters. The summed E-state index contributed by atoms with van der Waals surface area (Å²) in [4.78, 5) is 9.18. The summed E-state index contributed by atoms with van der Waals surface area (Å²) in [6.45, 7) is 0. The van der Waals surface area contributed by atoms with Crippen LogP contribution in [0.3, 0.4) is 0 Å². The van der Waals surface area contributed by atoms with E-state index >= 15 is 0 Å². The number of rotatable bonds is 2. The molecule has 7 nitrogen and oxygen atoms in total. The normalized spacial score (nSPS) is 11.2. The van der Waals surface area contributed by atoms with Gasteiger partial charge in [0.15, 0.2) is 0 Å². The molecule has 0 aliphatic carbocycles. The maximum absolute atomic E-state index is 6.06. The summed E-state index contributed by atoms with van der Waals surface area (Å²) in [6, 6.07) is 5.90. The van der Waals surface area contributed by atoms with Gasteiger partial charge in [-0.3, -0.25) is 14.3 Å². The van der Waals surface area contributed by atoms with Gasteiger partial charge in [-0.15, -0.1) is 0 Å². The van der Waals surface area contributed by atoms with E-state index in [9.17, 15) is 0 Å². The van der Waals surface area contributed by atoms with E-state index in [-0.39, 0.29) is 0 Å². The van der Waals surface area contributed by atoms with E-state index in [0.717, 1.165) is 33.4 Å². The summed E-state index contributed by atoms with van der Waals surface area (Å²) >= 11 is 0. The summed E-state index contributed by atoms with van der Waals surface area (Å²) in [7, 11) is 3.70. The van der Waals surface area contributed by atoms with Crippen molar-refractivity contribution in [3.63, 3.8) is 0 Å². The third-order valence-electron chi connectivity index (χ3n) is 3.84. The highest BCUT2D eigenvalue weighted by Crippen LogP contribution is 2.28. The van der Waals surface area contributed by atoms with E-state index in [4.69, 9.17) is 10.7 Å². The van der Waals surface area contributed by atoms with Crippen LogP contribution in [0.5, 0.6) is 0 Å². The molecule has 0 saturated carbocycles. The first-order valence-electron chi connectivity index (χ1n) is 7.15. The second-order valence-corrected chi connectivity index (χ2v) is 5.43. The third kappa shape index (κ3) is 2.22. The first kappa shape index (κ1) is 13.4. The highest BCUT2D eigenvalue weighted by molar-refractivity contribution is 5.85. The van der Waals surface area contributed by atoms with Gasteiger partial charge in [0.25, 0.3) is 0 Å². The molecule has 0 fully saturated rings. The van der Waals surface area contributed by atoms with Crippen molar-refractivity contribution in [1.82, 2.24) is 29.5 Å². The number of aryl methyl sites for hydroxylation is 2. The fraction of sp³-hybridized carbons (Fsp3) is 0.125. The maximum atomic E-state index is 6.06. The molecule has 4 aromatic rings. The van der Waals surface area contributed by atoms with Crippen molar-refractivity contribution >= 4 is 16.9 Å². The zero-order valence-electron chi connectivity index (χ0n) is 12.8. The van der Waals surface area contributed by atoms with Crippen LogP contribution in [0.1, 0.15) is 0 Å². The van der Waals surface area contributed by atoms with Gasteiger partial charge in [0, 0.05) is 31.4 Å². The van der Waals surface area contributed by atoms with Gasteiger partial charge < -0.3 is 5.73 Å². The molecule has 0 unspecified atom stereocenters.